The smallest absolute Gasteiger partial charge is 0.331 e. The van der Waals surface area contributed by atoms with Gasteiger partial charge in [-0.2, -0.15) is 0 Å². The molecule has 1 fully saturated rings. The maximum atomic E-state index is 11.9. The number of carbonyl (C=O) groups excluding carboxylic acids is 1. The minimum Gasteiger partial charge on any atom is -0.390 e. The van der Waals surface area contributed by atoms with Crippen LogP contribution in [0.25, 0.3) is 0 Å². The van der Waals surface area contributed by atoms with E-state index in [1.807, 2.05) is 0 Å². The van der Waals surface area contributed by atoms with E-state index in [0.717, 1.165) is 0 Å². The summed E-state index contributed by atoms with van der Waals surface area (Å²) >= 11 is 0. The molecule has 1 heterocycles. The SMILES string of the molecule is [B][C@@H]1OC(CC(C)(C)OP(=O)(O)C(C)C)[C@@H](O)[C@H]1C=O. The van der Waals surface area contributed by atoms with E-state index in [1.54, 1.807) is 27.7 Å². The average molecular weight is 304 g/mol. The Labute approximate surface area is 120 Å². The molecule has 20 heavy (non-hydrogen) atoms. The third-order valence-electron chi connectivity index (χ3n) is 3.37. The van der Waals surface area contributed by atoms with Gasteiger partial charge in [-0.1, -0.05) is 13.8 Å². The molecule has 5 atom stereocenters. The van der Waals surface area contributed by atoms with E-state index in [1.165, 1.54) is 0 Å². The molecule has 0 aliphatic carbocycles. The minimum atomic E-state index is -3.74. The molecular weight excluding hydrogens is 282 g/mol. The molecule has 2 N–H and O–H groups in total. The Morgan fingerprint density at radius 2 is 2.05 bits per heavy atom. The first-order valence-electron chi connectivity index (χ1n) is 6.58. The first kappa shape index (κ1) is 17.9. The summed E-state index contributed by atoms with van der Waals surface area (Å²) in [6.45, 7) is 6.45. The number of aliphatic hydroxyl groups excluding tert-OH is 1. The summed E-state index contributed by atoms with van der Waals surface area (Å²) in [5, 5.41) is 9.97. The number of aliphatic hydroxyl groups is 1. The summed E-state index contributed by atoms with van der Waals surface area (Å²) in [7, 11) is 1.87. The molecule has 0 aromatic carbocycles. The number of hydrogen-bond donors (Lipinski definition) is 2. The molecule has 2 unspecified atom stereocenters. The van der Waals surface area contributed by atoms with Crippen LogP contribution < -0.4 is 0 Å². The number of hydrogen-bond acceptors (Lipinski definition) is 5. The Morgan fingerprint density at radius 1 is 1.50 bits per heavy atom. The number of carbonyl (C=O) groups is 1. The molecule has 0 spiro atoms. The van der Waals surface area contributed by atoms with E-state index >= 15 is 0 Å². The third kappa shape index (κ3) is 4.15. The highest BCUT2D eigenvalue weighted by Gasteiger charge is 2.44. The molecule has 0 aromatic rings. The Bertz CT molecular complexity index is 399. The summed E-state index contributed by atoms with van der Waals surface area (Å²) in [6, 6.07) is -0.866. The fraction of sp³-hybridized carbons (Fsp3) is 0.917. The zero-order chi connectivity index (χ0) is 15.7. The lowest BCUT2D eigenvalue weighted by Crippen LogP contribution is -2.36. The van der Waals surface area contributed by atoms with Crippen LogP contribution in [0, 0.1) is 5.92 Å². The van der Waals surface area contributed by atoms with Gasteiger partial charge >= 0.3 is 7.60 Å². The normalized spacial score (nSPS) is 34.1. The van der Waals surface area contributed by atoms with E-state index in [2.05, 4.69) is 0 Å². The van der Waals surface area contributed by atoms with Gasteiger partial charge < -0.3 is 24.1 Å². The van der Waals surface area contributed by atoms with Gasteiger partial charge in [-0.25, -0.2) is 0 Å². The molecule has 114 valence electrons. The van der Waals surface area contributed by atoms with Gasteiger partial charge in [-0.3, -0.25) is 4.57 Å². The average Bonchev–Trinajstić information content (AvgIpc) is 2.51. The molecule has 6 nitrogen and oxygen atoms in total. The lowest BCUT2D eigenvalue weighted by molar-refractivity contribution is -0.113. The molecule has 0 bridgehead atoms. The standard InChI is InChI=1S/C12H22BO6P/c1-7(2)20(16,17)19-12(3,4)5-9-10(15)8(6-14)11(13)18-9/h6-11,15H,5H2,1-4H3,(H,16,17)/t8-,9?,10+,11-/m1/s1. The Hall–Kier alpha value is -0.195. The van der Waals surface area contributed by atoms with Gasteiger partial charge in [0.2, 0.25) is 0 Å². The highest BCUT2D eigenvalue weighted by molar-refractivity contribution is 7.53. The van der Waals surface area contributed by atoms with E-state index < -0.39 is 43.0 Å². The predicted octanol–water partition coefficient (Wildman–Crippen LogP) is 0.835. The van der Waals surface area contributed by atoms with Crippen molar-refractivity contribution >= 4 is 21.7 Å². The summed E-state index contributed by atoms with van der Waals surface area (Å²) in [4.78, 5) is 20.6. The van der Waals surface area contributed by atoms with Crippen molar-refractivity contribution in [3.05, 3.63) is 0 Å². The van der Waals surface area contributed by atoms with E-state index in [4.69, 9.17) is 17.1 Å². The van der Waals surface area contributed by atoms with Crippen LogP contribution in [0.4, 0.5) is 0 Å². The van der Waals surface area contributed by atoms with Crippen LogP contribution in [0.15, 0.2) is 0 Å². The van der Waals surface area contributed by atoms with Gasteiger partial charge in [0.05, 0.1) is 29.4 Å². The molecule has 1 rings (SSSR count). The highest BCUT2D eigenvalue weighted by Crippen LogP contribution is 2.51. The quantitative estimate of drug-likeness (QED) is 0.429. The van der Waals surface area contributed by atoms with E-state index in [0.29, 0.717) is 6.29 Å². The zero-order valence-corrected chi connectivity index (χ0v) is 13.1. The van der Waals surface area contributed by atoms with Crippen molar-refractivity contribution < 1.29 is 28.6 Å². The van der Waals surface area contributed by atoms with Crippen molar-refractivity contribution in [3.8, 4) is 0 Å². The summed E-state index contributed by atoms with van der Waals surface area (Å²) in [5.74, 6) is -0.790. The monoisotopic (exact) mass is 304 g/mol. The summed E-state index contributed by atoms with van der Waals surface area (Å²) in [6.07, 6.45) is -1.03. The van der Waals surface area contributed by atoms with Crippen molar-refractivity contribution in [2.75, 3.05) is 0 Å². The first-order chi connectivity index (χ1) is 9.00. The fourth-order valence-corrected chi connectivity index (χ4v) is 3.12. The topological polar surface area (TPSA) is 93.1 Å². The maximum absolute atomic E-state index is 11.9. The number of rotatable bonds is 6. The van der Waals surface area contributed by atoms with Gasteiger partial charge in [0.15, 0.2) is 0 Å². The first-order valence-corrected chi connectivity index (χ1v) is 8.22. The third-order valence-corrected chi connectivity index (χ3v) is 5.43. The largest absolute Gasteiger partial charge is 0.390 e. The minimum absolute atomic E-state index is 0.156. The molecular formula is C12H22BO6P. The lowest BCUT2D eigenvalue weighted by atomic mass is 9.84. The second-order valence-electron chi connectivity index (χ2n) is 6.06. The molecule has 0 saturated carbocycles. The molecule has 0 amide bonds. The van der Waals surface area contributed by atoms with Crippen molar-refractivity contribution in [1.82, 2.24) is 0 Å². The van der Waals surface area contributed by atoms with Crippen LogP contribution in [-0.4, -0.2) is 53.6 Å². The number of ether oxygens (including phenoxy) is 1. The molecule has 2 radical (unpaired) electrons. The van der Waals surface area contributed by atoms with Gasteiger partial charge in [-0.05, 0) is 13.8 Å². The van der Waals surface area contributed by atoms with Gasteiger partial charge in [0.1, 0.15) is 14.1 Å². The van der Waals surface area contributed by atoms with Crippen LogP contribution in [-0.2, 0) is 18.6 Å². The van der Waals surface area contributed by atoms with E-state index in [9.17, 15) is 19.4 Å². The van der Waals surface area contributed by atoms with Crippen molar-refractivity contribution in [3.63, 3.8) is 0 Å². The van der Waals surface area contributed by atoms with Crippen molar-refractivity contribution in [1.29, 1.82) is 0 Å². The van der Waals surface area contributed by atoms with Crippen LogP contribution in [0.2, 0.25) is 0 Å². The Morgan fingerprint density at radius 3 is 2.45 bits per heavy atom. The molecule has 0 aromatic heterocycles. The van der Waals surface area contributed by atoms with E-state index in [-0.39, 0.29) is 6.42 Å². The van der Waals surface area contributed by atoms with Gasteiger partial charge in [0, 0.05) is 12.4 Å². The second-order valence-corrected chi connectivity index (χ2v) is 8.40. The Balaban J connectivity index is 2.72. The number of aldehydes is 1. The summed E-state index contributed by atoms with van der Waals surface area (Å²) < 4.78 is 22.5. The highest BCUT2D eigenvalue weighted by atomic mass is 31.2. The van der Waals surface area contributed by atoms with Crippen LogP contribution in [0.1, 0.15) is 34.1 Å². The van der Waals surface area contributed by atoms with Gasteiger partial charge in [-0.15, -0.1) is 0 Å². The van der Waals surface area contributed by atoms with Crippen LogP contribution >= 0.6 is 7.60 Å². The lowest BCUT2D eigenvalue weighted by Gasteiger charge is -2.32. The zero-order valence-electron chi connectivity index (χ0n) is 12.2. The second kappa shape index (κ2) is 6.28. The van der Waals surface area contributed by atoms with Crippen molar-refractivity contribution in [2.24, 2.45) is 5.92 Å². The molecule has 1 aliphatic rings. The molecule has 8 heteroatoms. The van der Waals surface area contributed by atoms with Crippen LogP contribution in [0.5, 0.6) is 0 Å². The fourth-order valence-electron chi connectivity index (χ4n) is 2.12. The Kier molecular flexibility index (Phi) is 5.61. The maximum Gasteiger partial charge on any atom is 0.331 e. The van der Waals surface area contributed by atoms with Crippen LogP contribution in [0.3, 0.4) is 0 Å². The molecule has 1 aliphatic heterocycles. The summed E-state index contributed by atoms with van der Waals surface area (Å²) in [5.41, 5.74) is -1.52. The molecule has 1 saturated heterocycles. The van der Waals surface area contributed by atoms with Crippen molar-refractivity contribution in [2.45, 2.75) is 63.6 Å². The van der Waals surface area contributed by atoms with Gasteiger partial charge in [0.25, 0.3) is 0 Å². The predicted molar refractivity (Wildman–Crippen MR) is 74.7 cm³/mol.